The predicted molar refractivity (Wildman–Crippen MR) is 148 cm³/mol. The quantitative estimate of drug-likeness (QED) is 0.271. The Bertz CT molecular complexity index is 1490. The summed E-state index contributed by atoms with van der Waals surface area (Å²) in [5.74, 6) is 0.115. The Morgan fingerprint density at radius 1 is 1.16 bits per heavy atom. The summed E-state index contributed by atoms with van der Waals surface area (Å²) in [7, 11) is 1.57. The number of fused-ring (bicyclic) bond motifs is 1. The Labute approximate surface area is 232 Å². The lowest BCUT2D eigenvalue weighted by molar-refractivity contribution is -0.120. The van der Waals surface area contributed by atoms with Crippen LogP contribution in [0.3, 0.4) is 0 Å². The smallest absolute Gasteiger partial charge is 0.313 e. The van der Waals surface area contributed by atoms with Gasteiger partial charge in [-0.05, 0) is 59.6 Å². The van der Waals surface area contributed by atoms with E-state index in [4.69, 9.17) is 33.7 Å². The molecule has 11 heteroatoms. The zero-order valence-electron chi connectivity index (χ0n) is 20.3. The van der Waals surface area contributed by atoms with Crippen LogP contribution in [-0.2, 0) is 11.4 Å². The molecule has 1 atom stereocenters. The number of pyridine rings is 1. The summed E-state index contributed by atoms with van der Waals surface area (Å²) >= 11 is 16.7. The molecule has 3 amide bonds. The Morgan fingerprint density at radius 3 is 2.54 bits per heavy atom. The molecule has 4 rings (SSSR count). The number of nitrogens with one attached hydrogen (secondary N) is 1. The van der Waals surface area contributed by atoms with Crippen molar-refractivity contribution < 1.29 is 14.3 Å². The van der Waals surface area contributed by atoms with Gasteiger partial charge in [-0.2, -0.15) is 0 Å². The van der Waals surface area contributed by atoms with Crippen LogP contribution in [0.25, 0.3) is 5.65 Å². The van der Waals surface area contributed by atoms with Gasteiger partial charge in [-0.25, -0.2) is 9.78 Å². The van der Waals surface area contributed by atoms with Gasteiger partial charge >= 0.3 is 6.03 Å². The summed E-state index contributed by atoms with van der Waals surface area (Å²) in [4.78, 5) is 31.1. The van der Waals surface area contributed by atoms with E-state index in [-0.39, 0.29) is 11.6 Å². The third-order valence-electron chi connectivity index (χ3n) is 5.89. The van der Waals surface area contributed by atoms with Gasteiger partial charge in [0.25, 0.3) is 5.91 Å². The number of nitrogens with zero attached hydrogens (tertiary/aromatic N) is 3. The van der Waals surface area contributed by atoms with Crippen molar-refractivity contribution in [1.29, 1.82) is 0 Å². The second-order valence-corrected chi connectivity index (χ2v) is 9.99. The molecule has 8 nitrogen and oxygen atoms in total. The molecule has 0 aliphatic heterocycles. The van der Waals surface area contributed by atoms with Gasteiger partial charge in [0.15, 0.2) is 11.4 Å². The van der Waals surface area contributed by atoms with Gasteiger partial charge in [0.05, 0.1) is 16.4 Å². The first kappa shape index (κ1) is 26.8. The Hall–Kier alpha value is -3.27. The molecule has 0 saturated heterocycles. The number of imidazole rings is 1. The maximum Gasteiger partial charge on any atom is 0.313 e. The largest absolute Gasteiger partial charge is 0.485 e. The highest BCUT2D eigenvalue weighted by Gasteiger charge is 2.28. The summed E-state index contributed by atoms with van der Waals surface area (Å²) < 4.78 is 8.76. The van der Waals surface area contributed by atoms with Gasteiger partial charge in [-0.15, -0.1) is 0 Å². The molecule has 0 spiro atoms. The van der Waals surface area contributed by atoms with Gasteiger partial charge in [0.1, 0.15) is 17.3 Å². The highest BCUT2D eigenvalue weighted by atomic mass is 79.9. The molecule has 37 heavy (non-hydrogen) atoms. The van der Waals surface area contributed by atoms with Crippen LogP contribution in [0.4, 0.5) is 10.5 Å². The van der Waals surface area contributed by atoms with E-state index in [9.17, 15) is 9.59 Å². The van der Waals surface area contributed by atoms with Crippen molar-refractivity contribution in [3.05, 3.63) is 91.8 Å². The van der Waals surface area contributed by atoms with Gasteiger partial charge in [0.2, 0.25) is 0 Å². The monoisotopic (exact) mass is 603 g/mol. The van der Waals surface area contributed by atoms with Crippen LogP contribution in [-0.4, -0.2) is 28.4 Å². The molecule has 0 radical (unpaired) electrons. The van der Waals surface area contributed by atoms with Gasteiger partial charge in [-0.1, -0.05) is 53.0 Å². The van der Waals surface area contributed by atoms with Crippen LogP contribution < -0.4 is 20.7 Å². The lowest BCUT2D eigenvalue weighted by Crippen LogP contribution is -2.43. The standard InChI is InChI=1S/C26H24BrCl2N5O3/c1-14-6-8-16(9-7-14)22(32-26(30)36)25(35)33(3)19-11-10-18(28)17(21(19)29)13-37-20-5-4-12-34-23(27)15(2)31-24(20)34/h4-12,22H,13H2,1-3H3,(H3,30,32,36). The van der Waals surface area contributed by atoms with E-state index < -0.39 is 18.0 Å². The van der Waals surface area contributed by atoms with E-state index in [0.717, 1.165) is 15.9 Å². The van der Waals surface area contributed by atoms with Gasteiger partial charge in [0, 0.05) is 23.8 Å². The number of nitrogens with two attached hydrogens (primary N) is 1. The number of anilines is 1. The molecular weight excluding hydrogens is 581 g/mol. The van der Waals surface area contributed by atoms with E-state index in [1.165, 1.54) is 4.90 Å². The molecule has 2 heterocycles. The maximum atomic E-state index is 13.5. The van der Waals surface area contributed by atoms with Crippen molar-refractivity contribution in [2.24, 2.45) is 5.73 Å². The number of carbonyl (C=O) groups is 2. The number of aryl methyl sites for hydroxylation is 2. The SMILES string of the molecule is Cc1ccc(C(NC(N)=O)C(=O)N(C)c2ccc(Cl)c(COc3cccn4c(Br)c(C)nc34)c2Cl)cc1. The van der Waals surface area contributed by atoms with E-state index >= 15 is 0 Å². The number of halogens is 3. The number of amides is 3. The Morgan fingerprint density at radius 2 is 1.86 bits per heavy atom. The highest BCUT2D eigenvalue weighted by molar-refractivity contribution is 9.10. The number of urea groups is 1. The third kappa shape index (κ3) is 5.53. The average molecular weight is 605 g/mol. The lowest BCUT2D eigenvalue weighted by Gasteiger charge is -2.26. The molecule has 2 aromatic heterocycles. The number of rotatable bonds is 7. The number of hydrogen-bond acceptors (Lipinski definition) is 4. The molecule has 0 bridgehead atoms. The molecule has 4 aromatic rings. The second kappa shape index (κ2) is 11.0. The van der Waals surface area contributed by atoms with Crippen LogP contribution >= 0.6 is 39.1 Å². The van der Waals surface area contributed by atoms with Crippen molar-refractivity contribution in [2.75, 3.05) is 11.9 Å². The highest BCUT2D eigenvalue weighted by Crippen LogP contribution is 2.36. The van der Waals surface area contributed by atoms with Crippen molar-refractivity contribution in [3.8, 4) is 5.75 Å². The number of aromatic nitrogens is 2. The molecule has 0 aliphatic rings. The summed E-state index contributed by atoms with van der Waals surface area (Å²) in [6.45, 7) is 3.86. The Kier molecular flexibility index (Phi) is 7.96. The molecule has 0 saturated carbocycles. The number of ether oxygens (including phenoxy) is 1. The van der Waals surface area contributed by atoms with E-state index in [2.05, 4.69) is 26.2 Å². The van der Waals surface area contributed by atoms with E-state index in [1.54, 1.807) is 37.4 Å². The molecule has 1 unspecified atom stereocenters. The van der Waals surface area contributed by atoms with Crippen LogP contribution in [0, 0.1) is 13.8 Å². The minimum atomic E-state index is -1.01. The van der Waals surface area contributed by atoms with Gasteiger partial charge in [-0.3, -0.25) is 9.20 Å². The second-order valence-electron chi connectivity index (χ2n) is 8.45. The summed E-state index contributed by atoms with van der Waals surface area (Å²) in [6.07, 6.45) is 1.87. The fourth-order valence-corrected chi connectivity index (χ4v) is 4.85. The van der Waals surface area contributed by atoms with Crippen molar-refractivity contribution >= 4 is 62.4 Å². The average Bonchev–Trinajstić information content (AvgIpc) is 3.16. The summed E-state index contributed by atoms with van der Waals surface area (Å²) in [5.41, 5.74) is 9.33. The van der Waals surface area contributed by atoms with E-state index in [1.807, 2.05) is 42.6 Å². The molecule has 192 valence electrons. The zero-order chi connectivity index (χ0) is 26.9. The van der Waals surface area contributed by atoms with Crippen molar-refractivity contribution in [1.82, 2.24) is 14.7 Å². The Balaban J connectivity index is 1.63. The molecule has 0 fully saturated rings. The van der Waals surface area contributed by atoms with E-state index in [0.29, 0.717) is 33.2 Å². The van der Waals surface area contributed by atoms with Crippen molar-refractivity contribution in [2.45, 2.75) is 26.5 Å². The first-order valence-corrected chi connectivity index (χ1v) is 12.8. The van der Waals surface area contributed by atoms with Crippen LogP contribution in [0.2, 0.25) is 10.0 Å². The number of hydrogen-bond donors (Lipinski definition) is 2. The first-order chi connectivity index (χ1) is 17.6. The molecule has 2 aromatic carbocycles. The molecule has 3 N–H and O–H groups in total. The normalized spacial score (nSPS) is 11.8. The fourth-order valence-electron chi connectivity index (χ4n) is 3.87. The maximum absolute atomic E-state index is 13.5. The lowest BCUT2D eigenvalue weighted by atomic mass is 10.0. The third-order valence-corrected chi connectivity index (χ3v) is 7.62. The first-order valence-electron chi connectivity index (χ1n) is 11.2. The number of benzene rings is 2. The molecular formula is C26H24BrCl2N5O3. The number of likely N-dealkylation sites (N-methyl/N-ethyl adjacent to an activating group) is 1. The number of primary amides is 1. The van der Waals surface area contributed by atoms with Gasteiger partial charge < -0.3 is 20.7 Å². The van der Waals surface area contributed by atoms with Crippen LogP contribution in [0.5, 0.6) is 5.75 Å². The van der Waals surface area contributed by atoms with Crippen LogP contribution in [0.1, 0.15) is 28.4 Å². The van der Waals surface area contributed by atoms with Crippen molar-refractivity contribution in [3.63, 3.8) is 0 Å². The molecule has 0 aliphatic carbocycles. The zero-order valence-corrected chi connectivity index (χ0v) is 23.4. The fraction of sp³-hybridized carbons (Fsp3) is 0.192. The summed E-state index contributed by atoms with van der Waals surface area (Å²) in [5, 5.41) is 3.15. The minimum Gasteiger partial charge on any atom is -0.485 e. The predicted octanol–water partition coefficient (Wildman–Crippen LogP) is 5.97. The minimum absolute atomic E-state index is 0.0393. The van der Waals surface area contributed by atoms with Crippen LogP contribution in [0.15, 0.2) is 59.3 Å². The summed E-state index contributed by atoms with van der Waals surface area (Å²) in [6, 6.07) is 12.3. The topological polar surface area (TPSA) is 102 Å². The number of carbonyl (C=O) groups excluding carboxylic acids is 2.